The molecule has 33 heavy (non-hydrogen) atoms. The zero-order chi connectivity index (χ0) is 23.2. The summed E-state index contributed by atoms with van der Waals surface area (Å²) in [5, 5.41) is 18.4. The highest BCUT2D eigenvalue weighted by Gasteiger charge is 2.15. The maximum atomic E-state index is 12.7. The number of thiazole rings is 1. The summed E-state index contributed by atoms with van der Waals surface area (Å²) < 4.78 is 5.65. The third kappa shape index (κ3) is 5.38. The number of non-ortho nitro benzene ring substituents is 1. The van der Waals surface area contributed by atoms with Gasteiger partial charge in [0.25, 0.3) is 17.5 Å². The van der Waals surface area contributed by atoms with Crippen molar-refractivity contribution in [3.8, 4) is 11.5 Å². The second-order valence-corrected chi connectivity index (χ2v) is 7.56. The molecule has 0 radical (unpaired) electrons. The highest BCUT2D eigenvalue weighted by molar-refractivity contribution is 7.13. The Balaban J connectivity index is 1.43. The number of amides is 2. The second-order valence-electron chi connectivity index (χ2n) is 6.67. The Kier molecular flexibility index (Phi) is 6.37. The molecule has 1 heterocycles. The quantitative estimate of drug-likeness (QED) is 0.283. The Labute approximate surface area is 191 Å². The number of carbonyl (C=O) groups is 2. The van der Waals surface area contributed by atoms with Crippen LogP contribution in [-0.4, -0.2) is 21.7 Å². The predicted molar refractivity (Wildman–Crippen MR) is 124 cm³/mol. The number of anilines is 2. The van der Waals surface area contributed by atoms with Crippen LogP contribution in [0, 0.1) is 10.1 Å². The zero-order valence-electron chi connectivity index (χ0n) is 16.9. The van der Waals surface area contributed by atoms with Crippen molar-refractivity contribution in [2.24, 2.45) is 0 Å². The molecule has 0 bridgehead atoms. The van der Waals surface area contributed by atoms with Gasteiger partial charge in [0, 0.05) is 29.3 Å². The number of nitrogens with zero attached hydrogens (tertiary/aromatic N) is 2. The summed E-state index contributed by atoms with van der Waals surface area (Å²) in [6, 6.07) is 18.7. The lowest BCUT2D eigenvalue weighted by atomic mass is 10.1. The average molecular weight is 460 g/mol. The summed E-state index contributed by atoms with van der Waals surface area (Å²) in [7, 11) is 0. The molecule has 0 spiro atoms. The number of benzene rings is 3. The van der Waals surface area contributed by atoms with Crippen LogP contribution in [0.4, 0.5) is 16.5 Å². The molecular formula is C23H16N4O5S. The van der Waals surface area contributed by atoms with Gasteiger partial charge in [-0.2, -0.15) is 0 Å². The summed E-state index contributed by atoms with van der Waals surface area (Å²) in [5.74, 6) is 0.112. The van der Waals surface area contributed by atoms with E-state index in [0.29, 0.717) is 33.4 Å². The molecule has 0 atom stereocenters. The zero-order valence-corrected chi connectivity index (χ0v) is 17.7. The topological polar surface area (TPSA) is 123 Å². The Bertz CT molecular complexity index is 1290. The molecule has 2 N–H and O–H groups in total. The van der Waals surface area contributed by atoms with E-state index in [1.165, 1.54) is 35.6 Å². The minimum Gasteiger partial charge on any atom is -0.457 e. The molecule has 0 saturated carbocycles. The molecular weight excluding hydrogens is 444 g/mol. The van der Waals surface area contributed by atoms with Gasteiger partial charge in [-0.15, -0.1) is 11.3 Å². The van der Waals surface area contributed by atoms with E-state index in [0.717, 1.165) is 0 Å². The van der Waals surface area contributed by atoms with E-state index in [1.807, 2.05) is 0 Å². The Morgan fingerprint density at radius 3 is 2.18 bits per heavy atom. The van der Waals surface area contributed by atoms with Gasteiger partial charge in [0.2, 0.25) is 0 Å². The van der Waals surface area contributed by atoms with Crippen LogP contribution in [0.15, 0.2) is 84.4 Å². The summed E-state index contributed by atoms with van der Waals surface area (Å²) >= 11 is 1.29. The van der Waals surface area contributed by atoms with Crippen molar-refractivity contribution in [1.82, 2.24) is 4.98 Å². The minimum atomic E-state index is -0.488. The molecule has 0 fully saturated rings. The number of para-hydroxylation sites is 1. The SMILES string of the molecule is O=C(Nc1ccccc1C(=O)Nc1nccs1)c1ccc(Oc2ccc([N+](=O)[O-])cc2)cc1. The number of nitro benzene ring substituents is 1. The fraction of sp³-hybridized carbons (Fsp3) is 0. The molecule has 0 aliphatic heterocycles. The molecule has 4 rings (SSSR count). The Hall–Kier alpha value is -4.57. The van der Waals surface area contributed by atoms with Crippen LogP contribution < -0.4 is 15.4 Å². The van der Waals surface area contributed by atoms with Crippen LogP contribution >= 0.6 is 11.3 Å². The molecule has 2 amide bonds. The van der Waals surface area contributed by atoms with Crippen LogP contribution in [0.1, 0.15) is 20.7 Å². The molecule has 4 aromatic rings. The second kappa shape index (κ2) is 9.71. The standard InChI is InChI=1S/C23H16N4O5S/c28-21(25-20-4-2-1-3-19(20)22(29)26-23-24-13-14-33-23)15-5-9-17(10-6-15)32-18-11-7-16(8-12-18)27(30)31/h1-14H,(H,25,28)(H,24,26,29). The molecule has 3 aromatic carbocycles. The van der Waals surface area contributed by atoms with Crippen LogP contribution in [0.3, 0.4) is 0 Å². The summed E-state index contributed by atoms with van der Waals surface area (Å²) in [5.41, 5.74) is 0.998. The molecule has 0 aliphatic carbocycles. The van der Waals surface area contributed by atoms with Crippen molar-refractivity contribution in [3.05, 3.63) is 106 Å². The largest absolute Gasteiger partial charge is 0.457 e. The summed E-state index contributed by atoms with van der Waals surface area (Å²) in [6.45, 7) is 0. The van der Waals surface area contributed by atoms with Crippen molar-refractivity contribution in [2.45, 2.75) is 0 Å². The molecule has 9 nitrogen and oxygen atoms in total. The third-order valence-electron chi connectivity index (χ3n) is 4.47. The number of carbonyl (C=O) groups excluding carboxylic acids is 2. The average Bonchev–Trinajstić information content (AvgIpc) is 3.33. The number of aromatic nitrogens is 1. The van der Waals surface area contributed by atoms with E-state index in [-0.39, 0.29) is 11.6 Å². The van der Waals surface area contributed by atoms with Gasteiger partial charge < -0.3 is 10.1 Å². The van der Waals surface area contributed by atoms with Gasteiger partial charge in [-0.25, -0.2) is 4.98 Å². The number of hydrogen-bond acceptors (Lipinski definition) is 7. The highest BCUT2D eigenvalue weighted by atomic mass is 32.1. The first-order valence-electron chi connectivity index (χ1n) is 9.63. The fourth-order valence-electron chi connectivity index (χ4n) is 2.88. The molecule has 0 aliphatic rings. The van der Waals surface area contributed by atoms with E-state index in [1.54, 1.807) is 60.1 Å². The molecule has 10 heteroatoms. The maximum Gasteiger partial charge on any atom is 0.269 e. The molecule has 0 saturated heterocycles. The van der Waals surface area contributed by atoms with Crippen molar-refractivity contribution in [3.63, 3.8) is 0 Å². The smallest absolute Gasteiger partial charge is 0.269 e. The van der Waals surface area contributed by atoms with Gasteiger partial charge in [0.05, 0.1) is 16.2 Å². The minimum absolute atomic E-state index is 0.0324. The van der Waals surface area contributed by atoms with Gasteiger partial charge >= 0.3 is 0 Å². The normalized spacial score (nSPS) is 10.3. The fourth-order valence-corrected chi connectivity index (χ4v) is 3.40. The van der Waals surface area contributed by atoms with Crippen LogP contribution in [-0.2, 0) is 0 Å². The Morgan fingerprint density at radius 1 is 0.879 bits per heavy atom. The number of nitro groups is 1. The molecule has 0 unspecified atom stereocenters. The first-order valence-corrected chi connectivity index (χ1v) is 10.5. The van der Waals surface area contributed by atoms with E-state index < -0.39 is 10.8 Å². The van der Waals surface area contributed by atoms with Gasteiger partial charge in [-0.1, -0.05) is 12.1 Å². The molecule has 164 valence electrons. The maximum absolute atomic E-state index is 12.7. The van der Waals surface area contributed by atoms with Crippen molar-refractivity contribution < 1.29 is 19.2 Å². The lowest BCUT2D eigenvalue weighted by molar-refractivity contribution is -0.384. The third-order valence-corrected chi connectivity index (χ3v) is 5.16. The van der Waals surface area contributed by atoms with Gasteiger partial charge in [0.1, 0.15) is 11.5 Å². The monoisotopic (exact) mass is 460 g/mol. The summed E-state index contributed by atoms with van der Waals surface area (Å²) in [6.07, 6.45) is 1.59. The lowest BCUT2D eigenvalue weighted by Gasteiger charge is -2.11. The Morgan fingerprint density at radius 2 is 1.55 bits per heavy atom. The van der Waals surface area contributed by atoms with E-state index >= 15 is 0 Å². The van der Waals surface area contributed by atoms with Gasteiger partial charge in [-0.05, 0) is 48.5 Å². The first kappa shape index (κ1) is 21.7. The predicted octanol–water partition coefficient (Wildman–Crippen LogP) is 5.35. The number of ether oxygens (including phenoxy) is 1. The van der Waals surface area contributed by atoms with E-state index in [4.69, 9.17) is 4.74 Å². The summed E-state index contributed by atoms with van der Waals surface area (Å²) in [4.78, 5) is 39.6. The van der Waals surface area contributed by atoms with Gasteiger partial charge in [-0.3, -0.25) is 25.0 Å². The van der Waals surface area contributed by atoms with Crippen LogP contribution in [0.5, 0.6) is 11.5 Å². The van der Waals surface area contributed by atoms with Gasteiger partial charge in [0.15, 0.2) is 5.13 Å². The van der Waals surface area contributed by atoms with Crippen molar-refractivity contribution in [2.75, 3.05) is 10.6 Å². The van der Waals surface area contributed by atoms with Crippen LogP contribution in [0.2, 0.25) is 0 Å². The molecule has 1 aromatic heterocycles. The lowest BCUT2D eigenvalue weighted by Crippen LogP contribution is -2.18. The van der Waals surface area contributed by atoms with E-state index in [9.17, 15) is 19.7 Å². The van der Waals surface area contributed by atoms with Crippen molar-refractivity contribution in [1.29, 1.82) is 0 Å². The highest BCUT2D eigenvalue weighted by Crippen LogP contribution is 2.25. The van der Waals surface area contributed by atoms with Crippen LogP contribution in [0.25, 0.3) is 0 Å². The number of hydrogen-bond donors (Lipinski definition) is 2. The van der Waals surface area contributed by atoms with Crippen molar-refractivity contribution >= 4 is 39.7 Å². The first-order chi connectivity index (χ1) is 16.0. The van der Waals surface area contributed by atoms with E-state index in [2.05, 4.69) is 15.6 Å². The number of nitrogens with one attached hydrogen (secondary N) is 2. The number of rotatable bonds is 7.